The van der Waals surface area contributed by atoms with Gasteiger partial charge in [-0.1, -0.05) is 23.2 Å². The third-order valence-corrected chi connectivity index (χ3v) is 2.02. The lowest BCUT2D eigenvalue weighted by Gasteiger charge is -2.00. The van der Waals surface area contributed by atoms with Gasteiger partial charge in [0, 0.05) is 10.0 Å². The van der Waals surface area contributed by atoms with Gasteiger partial charge in [-0.15, -0.1) is 9.90 Å². The van der Waals surface area contributed by atoms with Gasteiger partial charge in [-0.05, 0) is 18.2 Å². The van der Waals surface area contributed by atoms with E-state index in [4.69, 9.17) is 28.9 Å². The average molecular weight is 229 g/mol. The number of hydrogen-bond acceptors (Lipinski definition) is 3. The molecule has 0 atom stereocenters. The summed E-state index contributed by atoms with van der Waals surface area (Å²) in [6, 6.07) is 5.04. The van der Waals surface area contributed by atoms with E-state index >= 15 is 0 Å². The number of rotatable bonds is 1. The number of aromatic nitrogens is 3. The molecule has 0 spiro atoms. The number of nitrogen functional groups attached to an aromatic ring is 1. The van der Waals surface area contributed by atoms with Gasteiger partial charge in [-0.2, -0.15) is 5.10 Å². The lowest BCUT2D eigenvalue weighted by atomic mass is 10.3. The van der Waals surface area contributed by atoms with E-state index in [0.717, 1.165) is 0 Å². The maximum Gasteiger partial charge on any atom is 0.166 e. The third-order valence-electron chi connectivity index (χ3n) is 1.59. The molecule has 4 nitrogen and oxygen atoms in total. The van der Waals surface area contributed by atoms with E-state index in [2.05, 4.69) is 10.2 Å². The molecule has 0 saturated carbocycles. The van der Waals surface area contributed by atoms with Crippen LogP contribution in [0.25, 0.3) is 5.69 Å². The molecule has 0 fully saturated rings. The molecular weight excluding hydrogens is 223 g/mol. The van der Waals surface area contributed by atoms with E-state index in [1.54, 1.807) is 18.2 Å². The first kappa shape index (κ1) is 9.30. The molecule has 0 aliphatic rings. The molecule has 0 amide bonds. The van der Waals surface area contributed by atoms with Gasteiger partial charge in [0.25, 0.3) is 0 Å². The van der Waals surface area contributed by atoms with E-state index in [1.807, 2.05) is 0 Å². The van der Waals surface area contributed by atoms with Crippen molar-refractivity contribution in [1.29, 1.82) is 0 Å². The summed E-state index contributed by atoms with van der Waals surface area (Å²) >= 11 is 11.6. The minimum atomic E-state index is 0.348. The van der Waals surface area contributed by atoms with Crippen LogP contribution in [0.3, 0.4) is 0 Å². The Hall–Kier alpha value is -1.26. The molecule has 0 aliphatic carbocycles. The Labute approximate surface area is 90.2 Å². The predicted octanol–water partition coefficient (Wildman–Crippen LogP) is 2.16. The van der Waals surface area contributed by atoms with Crippen molar-refractivity contribution in [3.05, 3.63) is 34.4 Å². The molecule has 2 rings (SSSR count). The Balaban J connectivity index is 2.51. The van der Waals surface area contributed by atoms with Crippen LogP contribution in [-0.2, 0) is 0 Å². The standard InChI is InChI=1S/C8H6Cl2N4/c9-5-1-6(10)3-7(2-5)14-12-4-8(11)13-14/h1-4H,(H2,11,13). The zero-order chi connectivity index (χ0) is 10.1. The van der Waals surface area contributed by atoms with Gasteiger partial charge >= 0.3 is 0 Å². The summed E-state index contributed by atoms with van der Waals surface area (Å²) in [6.45, 7) is 0. The zero-order valence-electron chi connectivity index (χ0n) is 6.98. The van der Waals surface area contributed by atoms with Crippen molar-refractivity contribution >= 4 is 29.0 Å². The summed E-state index contributed by atoms with van der Waals surface area (Å²) in [6.07, 6.45) is 1.45. The summed E-state index contributed by atoms with van der Waals surface area (Å²) in [5.74, 6) is 0.348. The molecule has 0 radical (unpaired) electrons. The number of nitrogens with zero attached hydrogens (tertiary/aromatic N) is 3. The highest BCUT2D eigenvalue weighted by molar-refractivity contribution is 6.34. The van der Waals surface area contributed by atoms with Crippen molar-refractivity contribution in [1.82, 2.24) is 15.0 Å². The Morgan fingerprint density at radius 1 is 1.14 bits per heavy atom. The summed E-state index contributed by atoms with van der Waals surface area (Å²) in [7, 11) is 0. The zero-order valence-corrected chi connectivity index (χ0v) is 8.50. The van der Waals surface area contributed by atoms with Crippen LogP contribution in [-0.4, -0.2) is 15.0 Å². The normalized spacial score (nSPS) is 10.4. The number of benzene rings is 1. The van der Waals surface area contributed by atoms with Gasteiger partial charge in [0.05, 0.1) is 11.9 Å². The summed E-state index contributed by atoms with van der Waals surface area (Å²) < 4.78 is 0. The average Bonchev–Trinajstić information content (AvgIpc) is 2.50. The Bertz CT molecular complexity index is 446. The topological polar surface area (TPSA) is 56.7 Å². The predicted molar refractivity (Wildman–Crippen MR) is 55.8 cm³/mol. The van der Waals surface area contributed by atoms with Crippen molar-refractivity contribution in [3.63, 3.8) is 0 Å². The second-order valence-corrected chi connectivity index (χ2v) is 3.56. The molecule has 0 bridgehead atoms. The van der Waals surface area contributed by atoms with Crippen molar-refractivity contribution in [2.45, 2.75) is 0 Å². The molecule has 0 unspecified atom stereocenters. The van der Waals surface area contributed by atoms with Crippen LogP contribution in [0.1, 0.15) is 0 Å². The lowest BCUT2D eigenvalue weighted by Crippen LogP contribution is -1.99. The van der Waals surface area contributed by atoms with Crippen LogP contribution in [0.15, 0.2) is 24.4 Å². The highest BCUT2D eigenvalue weighted by Gasteiger charge is 2.02. The minimum Gasteiger partial charge on any atom is -0.381 e. The van der Waals surface area contributed by atoms with Gasteiger partial charge in [0.2, 0.25) is 0 Å². The van der Waals surface area contributed by atoms with E-state index in [1.165, 1.54) is 11.0 Å². The first-order valence-corrected chi connectivity index (χ1v) is 4.55. The maximum atomic E-state index is 5.82. The quantitative estimate of drug-likeness (QED) is 0.814. The van der Waals surface area contributed by atoms with Crippen LogP contribution in [0.5, 0.6) is 0 Å². The fourth-order valence-electron chi connectivity index (χ4n) is 1.05. The minimum absolute atomic E-state index is 0.348. The molecule has 2 aromatic rings. The second kappa shape index (κ2) is 3.48. The van der Waals surface area contributed by atoms with E-state index in [0.29, 0.717) is 21.6 Å². The number of nitrogens with two attached hydrogens (primary N) is 1. The monoisotopic (exact) mass is 228 g/mol. The molecule has 72 valence electrons. The number of hydrogen-bond donors (Lipinski definition) is 1. The van der Waals surface area contributed by atoms with Crippen LogP contribution in [0.4, 0.5) is 5.82 Å². The largest absolute Gasteiger partial charge is 0.381 e. The van der Waals surface area contributed by atoms with Gasteiger partial charge < -0.3 is 5.73 Å². The fourth-order valence-corrected chi connectivity index (χ4v) is 1.57. The molecule has 1 aromatic heterocycles. The summed E-state index contributed by atoms with van der Waals surface area (Å²) in [5, 5.41) is 8.92. The van der Waals surface area contributed by atoms with Crippen LogP contribution >= 0.6 is 23.2 Å². The molecule has 0 aliphatic heterocycles. The second-order valence-electron chi connectivity index (χ2n) is 2.69. The molecule has 14 heavy (non-hydrogen) atoms. The van der Waals surface area contributed by atoms with Crippen molar-refractivity contribution < 1.29 is 0 Å². The van der Waals surface area contributed by atoms with Crippen molar-refractivity contribution in [3.8, 4) is 5.69 Å². The first-order chi connectivity index (χ1) is 6.65. The van der Waals surface area contributed by atoms with E-state index in [-0.39, 0.29) is 0 Å². The molecule has 1 aromatic carbocycles. The third kappa shape index (κ3) is 1.81. The van der Waals surface area contributed by atoms with Crippen LogP contribution in [0, 0.1) is 0 Å². The highest BCUT2D eigenvalue weighted by Crippen LogP contribution is 2.20. The highest BCUT2D eigenvalue weighted by atomic mass is 35.5. The van der Waals surface area contributed by atoms with Crippen LogP contribution in [0.2, 0.25) is 10.0 Å². The van der Waals surface area contributed by atoms with Gasteiger partial charge in [-0.25, -0.2) is 0 Å². The van der Waals surface area contributed by atoms with Crippen LogP contribution < -0.4 is 5.73 Å². The summed E-state index contributed by atoms with van der Waals surface area (Å²) in [5.41, 5.74) is 6.11. The van der Waals surface area contributed by atoms with E-state index in [9.17, 15) is 0 Å². The molecule has 0 saturated heterocycles. The molecule has 1 heterocycles. The smallest absolute Gasteiger partial charge is 0.166 e. The fraction of sp³-hybridized carbons (Fsp3) is 0. The number of anilines is 1. The Morgan fingerprint density at radius 3 is 2.29 bits per heavy atom. The van der Waals surface area contributed by atoms with Gasteiger partial charge in [0.15, 0.2) is 5.82 Å². The van der Waals surface area contributed by atoms with E-state index < -0.39 is 0 Å². The first-order valence-electron chi connectivity index (χ1n) is 3.79. The van der Waals surface area contributed by atoms with Crippen molar-refractivity contribution in [2.75, 3.05) is 5.73 Å². The summed E-state index contributed by atoms with van der Waals surface area (Å²) in [4.78, 5) is 1.37. The Kier molecular flexibility index (Phi) is 2.31. The molecular formula is C8H6Cl2N4. The Morgan fingerprint density at radius 2 is 1.79 bits per heavy atom. The SMILES string of the molecule is Nc1cnn(-c2cc(Cl)cc(Cl)c2)n1. The maximum absolute atomic E-state index is 5.82. The van der Waals surface area contributed by atoms with Crippen molar-refractivity contribution in [2.24, 2.45) is 0 Å². The number of halogens is 2. The molecule has 2 N–H and O–H groups in total. The lowest BCUT2D eigenvalue weighted by molar-refractivity contribution is 0.754. The van der Waals surface area contributed by atoms with Gasteiger partial charge in [-0.3, -0.25) is 0 Å². The van der Waals surface area contributed by atoms with Gasteiger partial charge in [0.1, 0.15) is 0 Å². The molecule has 6 heteroatoms.